The molecule has 1 aliphatic rings. The van der Waals surface area contributed by atoms with Crippen molar-refractivity contribution in [3.05, 3.63) is 29.8 Å². The number of rotatable bonds is 5. The van der Waals surface area contributed by atoms with Gasteiger partial charge in [0.2, 0.25) is 0 Å². The van der Waals surface area contributed by atoms with Crippen molar-refractivity contribution in [2.45, 2.75) is 24.8 Å². The SMILES string of the molecule is CC(C)(CO)[C@H](c1ccc(S(C)(=O)=O)cc1)N1CCNCC1.Cl. The molecule has 0 saturated carbocycles. The van der Waals surface area contributed by atoms with E-state index in [4.69, 9.17) is 0 Å². The van der Waals surface area contributed by atoms with Crippen LogP contribution in [0.1, 0.15) is 25.5 Å². The first-order chi connectivity index (χ1) is 10.3. The van der Waals surface area contributed by atoms with Gasteiger partial charge in [-0.2, -0.15) is 0 Å². The van der Waals surface area contributed by atoms with Gasteiger partial charge in [0.25, 0.3) is 0 Å². The number of benzene rings is 1. The normalized spacial score (nSPS) is 18.3. The fourth-order valence-electron chi connectivity index (χ4n) is 3.08. The fraction of sp³-hybridized carbons (Fsp3) is 0.625. The molecular formula is C16H27ClN2O3S. The molecule has 0 radical (unpaired) electrons. The summed E-state index contributed by atoms with van der Waals surface area (Å²) in [6.45, 7) is 7.87. The zero-order valence-corrected chi connectivity index (χ0v) is 15.6. The Hall–Kier alpha value is -0.660. The Morgan fingerprint density at radius 2 is 1.74 bits per heavy atom. The lowest BCUT2D eigenvalue weighted by Gasteiger charge is -2.43. The largest absolute Gasteiger partial charge is 0.396 e. The van der Waals surface area contributed by atoms with E-state index in [1.807, 2.05) is 26.0 Å². The molecular weight excluding hydrogens is 336 g/mol. The first kappa shape index (κ1) is 20.4. The molecule has 0 aliphatic carbocycles. The predicted molar refractivity (Wildman–Crippen MR) is 94.9 cm³/mol. The zero-order chi connectivity index (χ0) is 16.4. The lowest BCUT2D eigenvalue weighted by Crippen LogP contribution is -2.49. The van der Waals surface area contributed by atoms with E-state index in [1.165, 1.54) is 6.26 Å². The molecule has 1 saturated heterocycles. The maximum atomic E-state index is 11.6. The fourth-order valence-corrected chi connectivity index (χ4v) is 3.71. The van der Waals surface area contributed by atoms with Crippen LogP contribution in [0.3, 0.4) is 0 Å². The summed E-state index contributed by atoms with van der Waals surface area (Å²) < 4.78 is 23.2. The Balaban J connectivity index is 0.00000264. The predicted octanol–water partition coefficient (Wildman–Crippen LogP) is 1.48. The molecule has 1 heterocycles. The van der Waals surface area contributed by atoms with E-state index in [0.717, 1.165) is 31.7 Å². The van der Waals surface area contributed by atoms with E-state index in [-0.39, 0.29) is 30.5 Å². The molecule has 0 unspecified atom stereocenters. The van der Waals surface area contributed by atoms with Crippen molar-refractivity contribution in [3.8, 4) is 0 Å². The average Bonchev–Trinajstić information content (AvgIpc) is 2.48. The van der Waals surface area contributed by atoms with Gasteiger partial charge < -0.3 is 10.4 Å². The van der Waals surface area contributed by atoms with Crippen LogP contribution in [0.4, 0.5) is 0 Å². The topological polar surface area (TPSA) is 69.6 Å². The molecule has 1 aromatic carbocycles. The van der Waals surface area contributed by atoms with Crippen molar-refractivity contribution in [1.29, 1.82) is 0 Å². The van der Waals surface area contributed by atoms with Gasteiger partial charge in [-0.05, 0) is 17.7 Å². The molecule has 1 aliphatic heterocycles. The molecule has 1 fully saturated rings. The minimum Gasteiger partial charge on any atom is -0.396 e. The number of hydrogen-bond donors (Lipinski definition) is 2. The second kappa shape index (κ2) is 7.94. The van der Waals surface area contributed by atoms with Crippen molar-refractivity contribution in [1.82, 2.24) is 10.2 Å². The van der Waals surface area contributed by atoms with Gasteiger partial charge in [-0.3, -0.25) is 4.90 Å². The molecule has 0 aromatic heterocycles. The number of nitrogens with zero attached hydrogens (tertiary/aromatic N) is 1. The van der Waals surface area contributed by atoms with Crippen molar-refractivity contribution in [2.75, 3.05) is 39.0 Å². The third-order valence-electron chi connectivity index (χ3n) is 4.29. The average molecular weight is 363 g/mol. The zero-order valence-electron chi connectivity index (χ0n) is 13.9. The van der Waals surface area contributed by atoms with Gasteiger partial charge in [0.05, 0.1) is 4.90 Å². The minimum absolute atomic E-state index is 0. The number of aliphatic hydroxyl groups excluding tert-OH is 1. The highest BCUT2D eigenvalue weighted by Crippen LogP contribution is 2.38. The Labute approximate surface area is 145 Å². The van der Waals surface area contributed by atoms with Crippen molar-refractivity contribution >= 4 is 22.2 Å². The van der Waals surface area contributed by atoms with Gasteiger partial charge in [0, 0.05) is 50.5 Å². The van der Waals surface area contributed by atoms with E-state index >= 15 is 0 Å². The number of hydrogen-bond acceptors (Lipinski definition) is 5. The molecule has 2 rings (SSSR count). The van der Waals surface area contributed by atoms with Gasteiger partial charge >= 0.3 is 0 Å². The van der Waals surface area contributed by atoms with E-state index in [2.05, 4.69) is 10.2 Å². The molecule has 0 bridgehead atoms. The lowest BCUT2D eigenvalue weighted by molar-refractivity contribution is 0.0305. The third kappa shape index (κ3) is 4.90. The minimum atomic E-state index is -3.18. The Morgan fingerprint density at radius 3 is 2.17 bits per heavy atom. The second-order valence-corrected chi connectivity index (χ2v) is 8.69. The number of sulfone groups is 1. The summed E-state index contributed by atoms with van der Waals surface area (Å²) in [6, 6.07) is 7.13. The molecule has 0 spiro atoms. The molecule has 2 N–H and O–H groups in total. The van der Waals surface area contributed by atoms with Crippen molar-refractivity contribution < 1.29 is 13.5 Å². The smallest absolute Gasteiger partial charge is 0.175 e. The standard InChI is InChI=1S/C16H26N2O3S.ClH/c1-16(2,12-19)15(18-10-8-17-9-11-18)13-4-6-14(7-5-13)22(3,20)21;/h4-7,15,17,19H,8-12H2,1-3H3;1H/t15-;/m0./s1. The Bertz CT molecular complexity index is 596. The summed E-state index contributed by atoms with van der Waals surface area (Å²) in [5, 5.41) is 13.1. The van der Waals surface area contributed by atoms with Gasteiger partial charge in [-0.1, -0.05) is 26.0 Å². The Morgan fingerprint density at radius 1 is 1.22 bits per heavy atom. The number of nitrogens with one attached hydrogen (secondary N) is 1. The van der Waals surface area contributed by atoms with E-state index in [1.54, 1.807) is 12.1 Å². The van der Waals surface area contributed by atoms with Gasteiger partial charge in [-0.15, -0.1) is 12.4 Å². The summed E-state index contributed by atoms with van der Waals surface area (Å²) in [4.78, 5) is 2.69. The van der Waals surface area contributed by atoms with Gasteiger partial charge in [0.15, 0.2) is 9.84 Å². The molecule has 1 aromatic rings. The van der Waals surface area contributed by atoms with Crippen LogP contribution in [0, 0.1) is 5.41 Å². The number of aliphatic hydroxyl groups is 1. The van der Waals surface area contributed by atoms with Crippen LogP contribution in [-0.2, 0) is 9.84 Å². The Kier molecular flexibility index (Phi) is 7.04. The molecule has 23 heavy (non-hydrogen) atoms. The molecule has 1 atom stereocenters. The second-order valence-electron chi connectivity index (χ2n) is 6.68. The molecule has 132 valence electrons. The monoisotopic (exact) mass is 362 g/mol. The molecule has 7 heteroatoms. The molecule has 0 amide bonds. The van der Waals surface area contributed by atoms with Gasteiger partial charge in [-0.25, -0.2) is 8.42 Å². The van der Waals surface area contributed by atoms with Crippen LogP contribution in [0.15, 0.2) is 29.2 Å². The van der Waals surface area contributed by atoms with Crippen molar-refractivity contribution in [2.24, 2.45) is 5.41 Å². The highest BCUT2D eigenvalue weighted by atomic mass is 35.5. The van der Waals surface area contributed by atoms with Crippen LogP contribution >= 0.6 is 12.4 Å². The first-order valence-electron chi connectivity index (χ1n) is 7.61. The maximum absolute atomic E-state index is 11.6. The van der Waals surface area contributed by atoms with Crippen molar-refractivity contribution in [3.63, 3.8) is 0 Å². The van der Waals surface area contributed by atoms with Crippen LogP contribution in [0.2, 0.25) is 0 Å². The van der Waals surface area contributed by atoms with Crippen LogP contribution in [-0.4, -0.2) is 57.5 Å². The van der Waals surface area contributed by atoms with E-state index in [0.29, 0.717) is 4.90 Å². The van der Waals surface area contributed by atoms with Crippen LogP contribution < -0.4 is 5.32 Å². The summed E-state index contributed by atoms with van der Waals surface area (Å²) in [5.74, 6) is 0. The van der Waals surface area contributed by atoms with E-state index < -0.39 is 9.84 Å². The van der Waals surface area contributed by atoms with Gasteiger partial charge in [0.1, 0.15) is 0 Å². The highest BCUT2D eigenvalue weighted by Gasteiger charge is 2.35. The molecule has 5 nitrogen and oxygen atoms in total. The van der Waals surface area contributed by atoms with E-state index in [9.17, 15) is 13.5 Å². The highest BCUT2D eigenvalue weighted by molar-refractivity contribution is 7.90. The maximum Gasteiger partial charge on any atom is 0.175 e. The third-order valence-corrected chi connectivity index (χ3v) is 5.42. The van der Waals surface area contributed by atoms with Crippen LogP contribution in [0.5, 0.6) is 0 Å². The number of halogens is 1. The first-order valence-corrected chi connectivity index (χ1v) is 9.50. The number of piperazine rings is 1. The quantitative estimate of drug-likeness (QED) is 0.830. The van der Waals surface area contributed by atoms with Crippen LogP contribution in [0.25, 0.3) is 0 Å². The lowest BCUT2D eigenvalue weighted by atomic mass is 9.80. The summed E-state index contributed by atoms with van der Waals surface area (Å²) in [5.41, 5.74) is 0.748. The summed E-state index contributed by atoms with van der Waals surface area (Å²) in [6.07, 6.45) is 1.22. The summed E-state index contributed by atoms with van der Waals surface area (Å²) >= 11 is 0. The summed E-state index contributed by atoms with van der Waals surface area (Å²) in [7, 11) is -3.18.